The first-order valence-corrected chi connectivity index (χ1v) is 9.04. The quantitative estimate of drug-likeness (QED) is 0.813. The smallest absolute Gasteiger partial charge is 0.220 e. The Morgan fingerprint density at radius 1 is 1.13 bits per heavy atom. The van der Waals surface area contributed by atoms with Crippen molar-refractivity contribution in [2.45, 2.75) is 51.6 Å². The molecule has 23 heavy (non-hydrogen) atoms. The fraction of sp³-hybridized carbons (Fsp3) is 0.550. The highest BCUT2D eigenvalue weighted by molar-refractivity contribution is 5.76. The van der Waals surface area contributed by atoms with E-state index in [1.807, 2.05) is 0 Å². The largest absolute Gasteiger partial charge is 0.352 e. The monoisotopic (exact) mass is 312 g/mol. The van der Waals surface area contributed by atoms with Crippen molar-refractivity contribution in [1.29, 1.82) is 0 Å². The number of amides is 1. The van der Waals surface area contributed by atoms with Gasteiger partial charge in [0, 0.05) is 19.5 Å². The van der Waals surface area contributed by atoms with Crippen LogP contribution in [0.3, 0.4) is 0 Å². The fourth-order valence-electron chi connectivity index (χ4n) is 3.61. The van der Waals surface area contributed by atoms with Gasteiger partial charge in [-0.05, 0) is 55.8 Å². The summed E-state index contributed by atoms with van der Waals surface area (Å²) in [6.45, 7) is 4.07. The molecule has 3 rings (SSSR count). The lowest BCUT2D eigenvalue weighted by atomic mass is 10.0. The molecular formula is C20H28N2O. The van der Waals surface area contributed by atoms with E-state index in [4.69, 9.17) is 0 Å². The van der Waals surface area contributed by atoms with E-state index in [1.54, 1.807) is 0 Å². The van der Waals surface area contributed by atoms with Crippen molar-refractivity contribution in [2.24, 2.45) is 5.92 Å². The Morgan fingerprint density at radius 3 is 2.65 bits per heavy atom. The summed E-state index contributed by atoms with van der Waals surface area (Å²) in [7, 11) is 0. The van der Waals surface area contributed by atoms with Crippen LogP contribution < -0.4 is 5.32 Å². The summed E-state index contributed by atoms with van der Waals surface area (Å²) < 4.78 is 0. The van der Waals surface area contributed by atoms with Gasteiger partial charge in [-0.1, -0.05) is 42.8 Å². The van der Waals surface area contributed by atoms with Gasteiger partial charge in [-0.2, -0.15) is 0 Å². The van der Waals surface area contributed by atoms with Crippen LogP contribution in [0.25, 0.3) is 0 Å². The Bertz CT molecular complexity index is 546. The average Bonchev–Trinajstić information content (AvgIpc) is 3.08. The van der Waals surface area contributed by atoms with Gasteiger partial charge in [0.15, 0.2) is 0 Å². The second kappa shape index (κ2) is 8.30. The molecule has 1 saturated heterocycles. The number of nitrogens with zero attached hydrogens (tertiary/aromatic N) is 1. The molecule has 1 atom stereocenters. The first-order chi connectivity index (χ1) is 11.3. The van der Waals surface area contributed by atoms with Crippen LogP contribution in [0.1, 0.15) is 49.7 Å². The van der Waals surface area contributed by atoms with Crippen molar-refractivity contribution in [1.82, 2.24) is 10.2 Å². The molecular weight excluding hydrogens is 284 g/mol. The minimum Gasteiger partial charge on any atom is -0.352 e. The maximum Gasteiger partial charge on any atom is 0.220 e. The molecule has 1 heterocycles. The number of piperidine rings is 1. The molecule has 0 aromatic heterocycles. The van der Waals surface area contributed by atoms with Crippen molar-refractivity contribution < 1.29 is 4.79 Å². The van der Waals surface area contributed by atoms with Crippen LogP contribution in [0.5, 0.6) is 0 Å². The zero-order valence-electron chi connectivity index (χ0n) is 14.0. The number of rotatable bonds is 6. The number of benzene rings is 1. The van der Waals surface area contributed by atoms with Crippen LogP contribution in [0, 0.1) is 5.92 Å². The zero-order valence-corrected chi connectivity index (χ0v) is 14.0. The Labute approximate surface area is 139 Å². The standard InChI is InChI=1S/C20H28N2O/c23-20(14-17-8-2-3-9-17)21-15-18-10-4-5-11-19(18)16-22-12-6-1-7-13-22/h2,4-5,8,10-11,17H,1,3,6-7,9,12-16H2,(H,21,23). The van der Waals surface area contributed by atoms with E-state index in [1.165, 1.54) is 43.5 Å². The van der Waals surface area contributed by atoms with Crippen molar-refractivity contribution in [3.05, 3.63) is 47.5 Å². The highest BCUT2D eigenvalue weighted by Gasteiger charge is 2.15. The van der Waals surface area contributed by atoms with E-state index in [0.29, 0.717) is 18.9 Å². The number of carbonyl (C=O) groups excluding carboxylic acids is 1. The van der Waals surface area contributed by atoms with E-state index in [2.05, 4.69) is 46.6 Å². The summed E-state index contributed by atoms with van der Waals surface area (Å²) in [5.74, 6) is 0.618. The third kappa shape index (κ3) is 4.93. The highest BCUT2D eigenvalue weighted by Crippen LogP contribution is 2.20. The number of carbonyl (C=O) groups is 1. The minimum atomic E-state index is 0.175. The molecule has 0 spiro atoms. The summed E-state index contributed by atoms with van der Waals surface area (Å²) >= 11 is 0. The maximum atomic E-state index is 12.1. The average molecular weight is 312 g/mol. The maximum absolute atomic E-state index is 12.1. The van der Waals surface area contributed by atoms with Gasteiger partial charge in [-0.25, -0.2) is 0 Å². The van der Waals surface area contributed by atoms with Gasteiger partial charge in [0.25, 0.3) is 0 Å². The second-order valence-corrected chi connectivity index (χ2v) is 6.85. The lowest BCUT2D eigenvalue weighted by Gasteiger charge is -2.27. The van der Waals surface area contributed by atoms with Crippen LogP contribution >= 0.6 is 0 Å². The van der Waals surface area contributed by atoms with Crippen LogP contribution in [0.4, 0.5) is 0 Å². The zero-order chi connectivity index (χ0) is 15.9. The molecule has 1 N–H and O–H groups in total. The first kappa shape index (κ1) is 16.3. The molecule has 1 aromatic rings. The topological polar surface area (TPSA) is 32.3 Å². The molecule has 0 radical (unpaired) electrons. The van der Waals surface area contributed by atoms with E-state index in [9.17, 15) is 4.79 Å². The Balaban J connectivity index is 1.52. The van der Waals surface area contributed by atoms with Gasteiger partial charge < -0.3 is 5.32 Å². The summed E-state index contributed by atoms with van der Waals surface area (Å²) in [5, 5.41) is 3.11. The molecule has 1 aromatic carbocycles. The van der Waals surface area contributed by atoms with Gasteiger partial charge in [0.1, 0.15) is 0 Å². The Morgan fingerprint density at radius 2 is 1.91 bits per heavy atom. The molecule has 0 saturated carbocycles. The van der Waals surface area contributed by atoms with Crippen molar-refractivity contribution >= 4 is 5.91 Å². The summed E-state index contributed by atoms with van der Waals surface area (Å²) in [6, 6.07) is 8.53. The van der Waals surface area contributed by atoms with Crippen molar-refractivity contribution in [2.75, 3.05) is 13.1 Å². The molecule has 3 heteroatoms. The van der Waals surface area contributed by atoms with Crippen LogP contribution in [0.2, 0.25) is 0 Å². The molecule has 2 aliphatic rings. The summed E-state index contributed by atoms with van der Waals surface area (Å²) in [4.78, 5) is 14.7. The molecule has 1 unspecified atom stereocenters. The van der Waals surface area contributed by atoms with Crippen molar-refractivity contribution in [3.8, 4) is 0 Å². The lowest BCUT2D eigenvalue weighted by Crippen LogP contribution is -2.30. The van der Waals surface area contributed by atoms with E-state index in [0.717, 1.165) is 19.4 Å². The molecule has 3 nitrogen and oxygen atoms in total. The van der Waals surface area contributed by atoms with Crippen LogP contribution in [-0.4, -0.2) is 23.9 Å². The molecule has 1 aliphatic heterocycles. The molecule has 0 bridgehead atoms. The minimum absolute atomic E-state index is 0.175. The number of allylic oxidation sites excluding steroid dienone is 2. The first-order valence-electron chi connectivity index (χ1n) is 9.04. The summed E-state index contributed by atoms with van der Waals surface area (Å²) in [5.41, 5.74) is 2.61. The van der Waals surface area contributed by atoms with Gasteiger partial charge in [-0.15, -0.1) is 0 Å². The molecule has 1 amide bonds. The third-order valence-electron chi connectivity index (χ3n) is 5.00. The van der Waals surface area contributed by atoms with E-state index in [-0.39, 0.29) is 5.91 Å². The molecule has 1 aliphatic carbocycles. The predicted octanol–water partition coefficient (Wildman–Crippen LogP) is 3.65. The number of nitrogens with one attached hydrogen (secondary N) is 1. The normalized spacial score (nSPS) is 21.5. The van der Waals surface area contributed by atoms with E-state index < -0.39 is 0 Å². The SMILES string of the molecule is O=C(CC1C=CCC1)NCc1ccccc1CN1CCCCC1. The van der Waals surface area contributed by atoms with Crippen LogP contribution in [-0.2, 0) is 17.9 Å². The number of likely N-dealkylation sites (tertiary alicyclic amines) is 1. The van der Waals surface area contributed by atoms with E-state index >= 15 is 0 Å². The Kier molecular flexibility index (Phi) is 5.87. The van der Waals surface area contributed by atoms with Gasteiger partial charge in [0.2, 0.25) is 5.91 Å². The van der Waals surface area contributed by atoms with Gasteiger partial charge in [-0.3, -0.25) is 9.69 Å². The van der Waals surface area contributed by atoms with Gasteiger partial charge >= 0.3 is 0 Å². The third-order valence-corrected chi connectivity index (χ3v) is 5.00. The number of hydrogen-bond acceptors (Lipinski definition) is 2. The predicted molar refractivity (Wildman–Crippen MR) is 93.9 cm³/mol. The number of hydrogen-bond donors (Lipinski definition) is 1. The fourth-order valence-corrected chi connectivity index (χ4v) is 3.61. The molecule has 124 valence electrons. The highest BCUT2D eigenvalue weighted by atomic mass is 16.1. The Hall–Kier alpha value is -1.61. The second-order valence-electron chi connectivity index (χ2n) is 6.85. The van der Waals surface area contributed by atoms with Crippen molar-refractivity contribution in [3.63, 3.8) is 0 Å². The lowest BCUT2D eigenvalue weighted by molar-refractivity contribution is -0.121. The summed E-state index contributed by atoms with van der Waals surface area (Å²) in [6.07, 6.45) is 11.2. The van der Waals surface area contributed by atoms with Crippen LogP contribution in [0.15, 0.2) is 36.4 Å². The van der Waals surface area contributed by atoms with Gasteiger partial charge in [0.05, 0.1) is 0 Å². The molecule has 1 fully saturated rings.